The minimum absolute atomic E-state index is 0.0135. The van der Waals surface area contributed by atoms with Gasteiger partial charge in [-0.25, -0.2) is 9.59 Å². The molecule has 43 heavy (non-hydrogen) atoms. The first-order valence-corrected chi connectivity index (χ1v) is 15.2. The van der Waals surface area contributed by atoms with Crippen LogP contribution in [0.4, 0.5) is 0 Å². The van der Waals surface area contributed by atoms with Gasteiger partial charge in [-0.15, -0.1) is 0 Å². The molecule has 1 unspecified atom stereocenters. The van der Waals surface area contributed by atoms with Gasteiger partial charge in [0.25, 0.3) is 0 Å². The average Bonchev–Trinajstić information content (AvgIpc) is 3.00. The van der Waals surface area contributed by atoms with Crippen LogP contribution in [0.5, 0.6) is 0 Å². The SMILES string of the molecule is C=C(C)C(=O)OCC(COC(=O)C(=C)C(C)(C)O)c1ccc(-c2ccc(-c3ccc(CCCCC)cc3)cc2CC)cc1. The van der Waals surface area contributed by atoms with Gasteiger partial charge in [0.05, 0.1) is 17.1 Å². The van der Waals surface area contributed by atoms with E-state index in [0.29, 0.717) is 5.57 Å². The predicted octanol–water partition coefficient (Wildman–Crippen LogP) is 8.39. The van der Waals surface area contributed by atoms with Crippen LogP contribution in [-0.4, -0.2) is 35.9 Å². The highest BCUT2D eigenvalue weighted by atomic mass is 16.5. The fourth-order valence-corrected chi connectivity index (χ4v) is 4.78. The van der Waals surface area contributed by atoms with Crippen molar-refractivity contribution >= 4 is 11.9 Å². The van der Waals surface area contributed by atoms with Gasteiger partial charge in [0.15, 0.2) is 0 Å². The minimum atomic E-state index is -1.40. The summed E-state index contributed by atoms with van der Waals surface area (Å²) in [7, 11) is 0. The van der Waals surface area contributed by atoms with Crippen LogP contribution < -0.4 is 0 Å². The lowest BCUT2D eigenvalue weighted by molar-refractivity contribution is -0.143. The van der Waals surface area contributed by atoms with E-state index in [9.17, 15) is 14.7 Å². The molecule has 5 heteroatoms. The van der Waals surface area contributed by atoms with Gasteiger partial charge >= 0.3 is 11.9 Å². The van der Waals surface area contributed by atoms with Gasteiger partial charge < -0.3 is 14.6 Å². The number of hydrogen-bond acceptors (Lipinski definition) is 5. The van der Waals surface area contributed by atoms with E-state index in [1.807, 2.05) is 24.3 Å². The van der Waals surface area contributed by atoms with Crippen LogP contribution in [0.3, 0.4) is 0 Å². The number of esters is 2. The summed E-state index contributed by atoms with van der Waals surface area (Å²) in [4.78, 5) is 24.6. The van der Waals surface area contributed by atoms with Gasteiger partial charge in [-0.1, -0.05) is 107 Å². The molecule has 0 fully saturated rings. The Morgan fingerprint density at radius 1 is 0.814 bits per heavy atom. The molecular formula is C38H46O5. The maximum Gasteiger partial charge on any atom is 0.336 e. The first-order chi connectivity index (χ1) is 20.4. The van der Waals surface area contributed by atoms with Crippen molar-refractivity contribution in [2.24, 2.45) is 0 Å². The number of rotatable bonds is 15. The molecule has 0 radical (unpaired) electrons. The van der Waals surface area contributed by atoms with E-state index >= 15 is 0 Å². The summed E-state index contributed by atoms with van der Waals surface area (Å²) in [6.45, 7) is 16.2. The van der Waals surface area contributed by atoms with Gasteiger partial charge in [-0.05, 0) is 79.0 Å². The van der Waals surface area contributed by atoms with E-state index in [0.717, 1.165) is 29.5 Å². The van der Waals surface area contributed by atoms with Crippen molar-refractivity contribution in [1.82, 2.24) is 0 Å². The largest absolute Gasteiger partial charge is 0.462 e. The van der Waals surface area contributed by atoms with Crippen LogP contribution in [0, 0.1) is 0 Å². The van der Waals surface area contributed by atoms with Gasteiger partial charge in [-0.3, -0.25) is 0 Å². The van der Waals surface area contributed by atoms with Crippen molar-refractivity contribution in [3.63, 3.8) is 0 Å². The monoisotopic (exact) mass is 582 g/mol. The fourth-order valence-electron chi connectivity index (χ4n) is 4.78. The maximum absolute atomic E-state index is 12.5. The Labute approximate surface area is 257 Å². The van der Waals surface area contributed by atoms with Crippen LogP contribution in [0.1, 0.15) is 76.5 Å². The molecule has 1 atom stereocenters. The minimum Gasteiger partial charge on any atom is -0.462 e. The van der Waals surface area contributed by atoms with E-state index in [1.54, 1.807) is 6.92 Å². The topological polar surface area (TPSA) is 72.8 Å². The zero-order chi connectivity index (χ0) is 31.6. The Balaban J connectivity index is 1.80. The molecule has 0 amide bonds. The third-order valence-corrected chi connectivity index (χ3v) is 7.70. The summed E-state index contributed by atoms with van der Waals surface area (Å²) in [5.41, 5.74) is 6.99. The zero-order valence-electron chi connectivity index (χ0n) is 26.4. The molecule has 5 nitrogen and oxygen atoms in total. The van der Waals surface area contributed by atoms with Crippen molar-refractivity contribution < 1.29 is 24.2 Å². The molecule has 0 aliphatic carbocycles. The highest BCUT2D eigenvalue weighted by Crippen LogP contribution is 2.31. The number of aliphatic hydroxyl groups is 1. The number of aryl methyl sites for hydroxylation is 2. The molecular weight excluding hydrogens is 536 g/mol. The van der Waals surface area contributed by atoms with Crippen LogP contribution in [0.15, 0.2) is 91.0 Å². The molecule has 0 saturated carbocycles. The zero-order valence-corrected chi connectivity index (χ0v) is 26.4. The number of carbonyl (C=O) groups is 2. The highest BCUT2D eigenvalue weighted by Gasteiger charge is 2.26. The highest BCUT2D eigenvalue weighted by molar-refractivity contribution is 5.89. The Hall–Kier alpha value is -3.96. The molecule has 0 spiro atoms. The average molecular weight is 583 g/mol. The molecule has 0 aromatic heterocycles. The number of hydrogen-bond donors (Lipinski definition) is 1. The van der Waals surface area contributed by atoms with E-state index in [1.165, 1.54) is 55.4 Å². The smallest absolute Gasteiger partial charge is 0.336 e. The van der Waals surface area contributed by atoms with E-state index in [-0.39, 0.29) is 18.8 Å². The summed E-state index contributed by atoms with van der Waals surface area (Å²) in [6.07, 6.45) is 5.74. The molecule has 0 aliphatic rings. The number of ether oxygens (including phenoxy) is 2. The molecule has 3 aromatic rings. The Morgan fingerprint density at radius 2 is 1.40 bits per heavy atom. The molecule has 228 valence electrons. The Bertz CT molecular complexity index is 1410. The summed E-state index contributed by atoms with van der Waals surface area (Å²) in [5.74, 6) is -1.61. The maximum atomic E-state index is 12.5. The molecule has 0 bridgehead atoms. The van der Waals surface area contributed by atoms with Crippen LogP contribution in [-0.2, 0) is 31.9 Å². The van der Waals surface area contributed by atoms with Gasteiger partial charge in [0.2, 0.25) is 0 Å². The lowest BCUT2D eigenvalue weighted by Crippen LogP contribution is -2.29. The van der Waals surface area contributed by atoms with Crippen LogP contribution in [0.25, 0.3) is 22.3 Å². The quantitative estimate of drug-likeness (QED) is 0.111. The van der Waals surface area contributed by atoms with Crippen molar-refractivity contribution in [1.29, 1.82) is 0 Å². The van der Waals surface area contributed by atoms with Crippen molar-refractivity contribution in [2.75, 3.05) is 13.2 Å². The summed E-state index contributed by atoms with van der Waals surface area (Å²) in [6, 6.07) is 23.6. The second kappa shape index (κ2) is 15.5. The van der Waals surface area contributed by atoms with Crippen LogP contribution >= 0.6 is 0 Å². The molecule has 3 rings (SSSR count). The van der Waals surface area contributed by atoms with E-state index in [4.69, 9.17) is 9.47 Å². The summed E-state index contributed by atoms with van der Waals surface area (Å²) in [5, 5.41) is 10.1. The lowest BCUT2D eigenvalue weighted by atomic mass is 9.91. The number of carbonyl (C=O) groups excluding carboxylic acids is 2. The molecule has 0 saturated heterocycles. The number of benzene rings is 3. The second-order valence-electron chi connectivity index (χ2n) is 11.7. The lowest BCUT2D eigenvalue weighted by Gasteiger charge is -2.22. The third-order valence-electron chi connectivity index (χ3n) is 7.70. The Kier molecular flexibility index (Phi) is 12.1. The summed E-state index contributed by atoms with van der Waals surface area (Å²) < 4.78 is 10.9. The molecule has 0 heterocycles. The first-order valence-electron chi connectivity index (χ1n) is 15.2. The van der Waals surface area contributed by atoms with Gasteiger partial charge in [0, 0.05) is 5.57 Å². The Morgan fingerprint density at radius 3 is 1.95 bits per heavy atom. The van der Waals surface area contributed by atoms with E-state index in [2.05, 4.69) is 69.5 Å². The normalized spacial score (nSPS) is 12.0. The summed E-state index contributed by atoms with van der Waals surface area (Å²) >= 11 is 0. The fraction of sp³-hybridized carbons (Fsp3) is 0.368. The third kappa shape index (κ3) is 9.52. The van der Waals surface area contributed by atoms with Crippen molar-refractivity contribution in [2.45, 2.75) is 78.2 Å². The first kappa shape index (κ1) is 33.5. The predicted molar refractivity (Wildman–Crippen MR) is 175 cm³/mol. The number of unbranched alkanes of at least 4 members (excludes halogenated alkanes) is 2. The molecule has 0 aliphatic heterocycles. The second-order valence-corrected chi connectivity index (χ2v) is 11.7. The molecule has 1 N–H and O–H groups in total. The van der Waals surface area contributed by atoms with Crippen molar-refractivity contribution in [3.8, 4) is 22.3 Å². The van der Waals surface area contributed by atoms with Gasteiger partial charge in [0.1, 0.15) is 13.2 Å². The van der Waals surface area contributed by atoms with Gasteiger partial charge in [-0.2, -0.15) is 0 Å². The van der Waals surface area contributed by atoms with Crippen LogP contribution in [0.2, 0.25) is 0 Å². The van der Waals surface area contributed by atoms with Crippen molar-refractivity contribution in [3.05, 3.63) is 108 Å². The standard InChI is InChI=1S/C38H46O5/c1-8-10-11-12-28-13-15-30(16-14-28)33-21-22-35(29(9-2)23-33)32-19-17-31(18-20-32)34(24-42-36(39)26(3)4)25-43-37(40)27(5)38(6,7)41/h13-23,34,41H,3,5,8-12,24-25H2,1-2,4,6-7H3. The molecule has 3 aromatic carbocycles. The van der Waals surface area contributed by atoms with E-state index < -0.39 is 23.5 Å².